The Kier molecular flexibility index (Phi) is 5.01. The monoisotopic (exact) mass is 486 g/mol. The highest BCUT2D eigenvalue weighted by atomic mass is 32.2. The summed E-state index contributed by atoms with van der Waals surface area (Å²) >= 11 is 1.71. The average Bonchev–Trinajstić information content (AvgIpc) is 3.52. The molecule has 2 fully saturated rings. The molecule has 0 bridgehead atoms. The number of Topliss-reactive ketones (excluding diaryl/α,β-unsaturated/α-hetero) is 1. The smallest absolute Gasteiger partial charge is 0.269 e. The largest absolute Gasteiger partial charge is 0.324 e. The molecule has 4 atom stereocenters. The first-order chi connectivity index (χ1) is 16.9. The van der Waals surface area contributed by atoms with Crippen molar-refractivity contribution in [1.82, 2.24) is 9.88 Å². The molecule has 0 unspecified atom stereocenters. The first kappa shape index (κ1) is 21.9. The number of fused-ring (bicyclic) bond motifs is 4. The van der Waals surface area contributed by atoms with E-state index in [1.165, 1.54) is 12.3 Å². The van der Waals surface area contributed by atoms with Crippen LogP contribution in [0.5, 0.6) is 0 Å². The number of amides is 1. The second-order valence-corrected chi connectivity index (χ2v) is 10.3. The Morgan fingerprint density at radius 3 is 2.86 bits per heavy atom. The lowest BCUT2D eigenvalue weighted by molar-refractivity contribution is -0.384. The standard InChI is InChI=1S/C26H22N4O4S/c1-15-7-8-20-19(10-15)26(25(32)28-20)23(24(31)17-5-3-9-27-12-17)22(21-13-35-14-29(21)26)16-4-2-6-18(11-16)30(33)34/h2-12,21-23H,13-14H2,1H3,(H,28,32)/t21-,22-,23+,26-/m1/s1. The molecule has 9 heteroatoms. The minimum atomic E-state index is -1.21. The van der Waals surface area contributed by atoms with Gasteiger partial charge in [-0.2, -0.15) is 0 Å². The zero-order valence-corrected chi connectivity index (χ0v) is 19.7. The van der Waals surface area contributed by atoms with Crippen molar-refractivity contribution in [1.29, 1.82) is 0 Å². The van der Waals surface area contributed by atoms with Crippen LogP contribution >= 0.6 is 11.8 Å². The highest BCUT2D eigenvalue weighted by Gasteiger charge is 2.69. The van der Waals surface area contributed by atoms with E-state index in [0.29, 0.717) is 22.7 Å². The fraction of sp³-hybridized carbons (Fsp3) is 0.269. The Hall–Kier alpha value is -3.56. The summed E-state index contributed by atoms with van der Waals surface area (Å²) in [5, 5.41) is 14.6. The summed E-state index contributed by atoms with van der Waals surface area (Å²) < 4.78 is 0. The van der Waals surface area contributed by atoms with Crippen LogP contribution in [-0.4, -0.2) is 44.2 Å². The number of carbonyl (C=O) groups is 2. The van der Waals surface area contributed by atoms with Crippen LogP contribution in [0.3, 0.4) is 0 Å². The van der Waals surface area contributed by atoms with Crippen molar-refractivity contribution < 1.29 is 14.5 Å². The number of nitrogens with one attached hydrogen (secondary N) is 1. The summed E-state index contributed by atoms with van der Waals surface area (Å²) in [7, 11) is 0. The number of benzene rings is 2. The maximum absolute atomic E-state index is 14.3. The van der Waals surface area contributed by atoms with Gasteiger partial charge in [0.15, 0.2) is 5.78 Å². The van der Waals surface area contributed by atoms with Crippen molar-refractivity contribution >= 4 is 34.8 Å². The maximum Gasteiger partial charge on any atom is 0.269 e. The van der Waals surface area contributed by atoms with Gasteiger partial charge in [0, 0.05) is 64.9 Å². The molecule has 1 N–H and O–H groups in total. The number of pyridine rings is 1. The normalized spacial score (nSPS) is 27.0. The van der Waals surface area contributed by atoms with Crippen LogP contribution in [0.2, 0.25) is 0 Å². The molecule has 3 aliphatic rings. The predicted molar refractivity (Wildman–Crippen MR) is 132 cm³/mol. The molecule has 2 saturated heterocycles. The lowest BCUT2D eigenvalue weighted by Crippen LogP contribution is -2.52. The molecule has 3 aromatic rings. The van der Waals surface area contributed by atoms with Gasteiger partial charge in [0.25, 0.3) is 5.69 Å². The Morgan fingerprint density at radius 2 is 2.09 bits per heavy atom. The van der Waals surface area contributed by atoms with Crippen molar-refractivity contribution in [2.75, 3.05) is 16.9 Å². The third-order valence-electron chi connectivity index (χ3n) is 7.47. The van der Waals surface area contributed by atoms with Gasteiger partial charge in [-0.25, -0.2) is 0 Å². The number of nitro benzene ring substituents is 1. The quantitative estimate of drug-likeness (QED) is 0.336. The van der Waals surface area contributed by atoms with Crippen LogP contribution in [0, 0.1) is 23.0 Å². The van der Waals surface area contributed by atoms with E-state index in [2.05, 4.69) is 15.2 Å². The Balaban J connectivity index is 1.63. The van der Waals surface area contributed by atoms with Crippen LogP contribution in [0.15, 0.2) is 67.0 Å². The van der Waals surface area contributed by atoms with Crippen LogP contribution in [0.1, 0.15) is 33.0 Å². The summed E-state index contributed by atoms with van der Waals surface area (Å²) in [5.74, 6) is -0.273. The molecule has 2 aromatic carbocycles. The zero-order valence-electron chi connectivity index (χ0n) is 18.9. The molecule has 8 nitrogen and oxygen atoms in total. The van der Waals surface area contributed by atoms with Gasteiger partial charge >= 0.3 is 0 Å². The Labute approximate surface area is 205 Å². The minimum Gasteiger partial charge on any atom is -0.324 e. The van der Waals surface area contributed by atoms with Gasteiger partial charge in [0.05, 0.1) is 10.8 Å². The van der Waals surface area contributed by atoms with Crippen molar-refractivity contribution in [2.24, 2.45) is 5.92 Å². The number of hydrogen-bond donors (Lipinski definition) is 1. The molecule has 6 rings (SSSR count). The van der Waals surface area contributed by atoms with Crippen molar-refractivity contribution in [3.63, 3.8) is 0 Å². The van der Waals surface area contributed by atoms with Gasteiger partial charge in [-0.1, -0.05) is 29.8 Å². The van der Waals surface area contributed by atoms with Gasteiger partial charge in [-0.15, -0.1) is 11.8 Å². The molecule has 176 valence electrons. The van der Waals surface area contributed by atoms with Crippen LogP contribution in [0.4, 0.5) is 11.4 Å². The number of rotatable bonds is 4. The maximum atomic E-state index is 14.3. The van der Waals surface area contributed by atoms with Gasteiger partial charge < -0.3 is 5.32 Å². The summed E-state index contributed by atoms with van der Waals surface area (Å²) in [4.78, 5) is 45.7. The SMILES string of the molecule is Cc1ccc2c(c1)[C@]1(C(=O)N2)[C@H](C(=O)c2cccnc2)[C@H](c2cccc([N+](=O)[O-])c2)[C@H]2CSCN21. The summed E-state index contributed by atoms with van der Waals surface area (Å²) in [6.45, 7) is 1.97. The number of nitrogens with zero attached hydrogens (tertiary/aromatic N) is 3. The van der Waals surface area contributed by atoms with Crippen molar-refractivity contribution in [3.05, 3.63) is 99.4 Å². The molecular weight excluding hydrogens is 464 g/mol. The molecule has 3 aliphatic heterocycles. The van der Waals surface area contributed by atoms with E-state index in [1.807, 2.05) is 31.2 Å². The fourth-order valence-corrected chi connectivity index (χ4v) is 7.42. The second kappa shape index (κ2) is 8.00. The van der Waals surface area contributed by atoms with Crippen LogP contribution in [0.25, 0.3) is 0 Å². The summed E-state index contributed by atoms with van der Waals surface area (Å²) in [6, 6.07) is 15.6. The van der Waals surface area contributed by atoms with Crippen LogP contribution in [-0.2, 0) is 10.3 Å². The number of hydrogen-bond acceptors (Lipinski definition) is 7. The molecule has 0 saturated carbocycles. The number of carbonyl (C=O) groups excluding carboxylic acids is 2. The van der Waals surface area contributed by atoms with Gasteiger partial charge in [0.2, 0.25) is 5.91 Å². The highest BCUT2D eigenvalue weighted by molar-refractivity contribution is 7.99. The second-order valence-electron chi connectivity index (χ2n) is 9.27. The summed E-state index contributed by atoms with van der Waals surface area (Å²) in [6.07, 6.45) is 3.14. The number of anilines is 1. The molecule has 0 radical (unpaired) electrons. The van der Waals surface area contributed by atoms with Gasteiger partial charge in [-0.05, 0) is 30.7 Å². The van der Waals surface area contributed by atoms with Crippen molar-refractivity contribution in [3.8, 4) is 0 Å². The van der Waals surface area contributed by atoms with E-state index in [0.717, 1.165) is 16.9 Å². The first-order valence-electron chi connectivity index (χ1n) is 11.4. The van der Waals surface area contributed by atoms with Crippen molar-refractivity contribution in [2.45, 2.75) is 24.4 Å². The Morgan fingerprint density at radius 1 is 1.23 bits per heavy atom. The van der Waals surface area contributed by atoms with E-state index in [-0.39, 0.29) is 23.4 Å². The topological polar surface area (TPSA) is 105 Å². The number of nitro groups is 1. The van der Waals surface area contributed by atoms with E-state index in [9.17, 15) is 19.7 Å². The third-order valence-corrected chi connectivity index (χ3v) is 8.51. The number of aromatic nitrogens is 1. The zero-order chi connectivity index (χ0) is 24.3. The molecule has 35 heavy (non-hydrogen) atoms. The molecule has 1 spiro atoms. The lowest BCUT2D eigenvalue weighted by Gasteiger charge is -2.36. The van der Waals surface area contributed by atoms with E-state index < -0.39 is 22.3 Å². The minimum absolute atomic E-state index is 0.0275. The van der Waals surface area contributed by atoms with Crippen LogP contribution < -0.4 is 5.32 Å². The average molecular weight is 487 g/mol. The number of thioether (sulfide) groups is 1. The van der Waals surface area contributed by atoms with E-state index >= 15 is 0 Å². The molecule has 4 heterocycles. The van der Waals surface area contributed by atoms with E-state index in [4.69, 9.17) is 0 Å². The molecular formula is C26H22N4O4S. The lowest BCUT2D eigenvalue weighted by atomic mass is 9.69. The number of ketones is 1. The number of non-ortho nitro benzene ring substituents is 1. The fourth-order valence-electron chi connectivity index (χ4n) is 6.10. The number of aryl methyl sites for hydroxylation is 1. The summed E-state index contributed by atoms with van der Waals surface area (Å²) in [5.41, 5.74) is 2.39. The van der Waals surface area contributed by atoms with Gasteiger partial charge in [-0.3, -0.25) is 29.6 Å². The first-order valence-corrected chi connectivity index (χ1v) is 12.5. The highest BCUT2D eigenvalue weighted by Crippen LogP contribution is 2.61. The molecule has 0 aliphatic carbocycles. The van der Waals surface area contributed by atoms with Gasteiger partial charge in [0.1, 0.15) is 5.54 Å². The molecule has 1 amide bonds. The predicted octanol–water partition coefficient (Wildman–Crippen LogP) is 4.12. The van der Waals surface area contributed by atoms with E-state index in [1.54, 1.807) is 42.2 Å². The Bertz CT molecular complexity index is 1380. The third kappa shape index (κ3) is 3.08. The molecule has 1 aromatic heterocycles.